The van der Waals surface area contributed by atoms with Crippen LogP contribution in [-0.4, -0.2) is 25.3 Å². The van der Waals surface area contributed by atoms with Gasteiger partial charge in [0.05, 0.1) is 18.8 Å². The molecule has 1 unspecified atom stereocenters. The van der Waals surface area contributed by atoms with Crippen molar-refractivity contribution in [1.82, 2.24) is 5.32 Å². The molecule has 0 aromatic rings. The highest BCUT2D eigenvalue weighted by Crippen LogP contribution is 2.19. The summed E-state index contributed by atoms with van der Waals surface area (Å²) in [6.45, 7) is 2.63. The Hall–Kier alpha value is -0.600. The molecule has 1 fully saturated rings. The van der Waals surface area contributed by atoms with E-state index < -0.39 is 0 Å². The average molecular weight is 151 g/mol. The molecular formula is C9H13NO. The minimum absolute atomic E-state index is 0.118. The zero-order chi connectivity index (χ0) is 7.57. The summed E-state index contributed by atoms with van der Waals surface area (Å²) in [5.41, 5.74) is 0.118. The lowest BCUT2D eigenvalue weighted by molar-refractivity contribution is 0.0486. The van der Waals surface area contributed by atoms with Crippen LogP contribution in [0, 0.1) is 0 Å². The van der Waals surface area contributed by atoms with Gasteiger partial charge >= 0.3 is 0 Å². The van der Waals surface area contributed by atoms with E-state index in [1.165, 1.54) is 0 Å². The second-order valence-electron chi connectivity index (χ2n) is 3.13. The van der Waals surface area contributed by atoms with Gasteiger partial charge in [-0.2, -0.15) is 0 Å². The third kappa shape index (κ3) is 1.37. The van der Waals surface area contributed by atoms with Crippen molar-refractivity contribution in [1.29, 1.82) is 0 Å². The highest BCUT2D eigenvalue weighted by molar-refractivity contribution is 5.21. The molecule has 0 saturated carbocycles. The Morgan fingerprint density at radius 2 is 2.36 bits per heavy atom. The van der Waals surface area contributed by atoms with E-state index >= 15 is 0 Å². The van der Waals surface area contributed by atoms with Gasteiger partial charge in [0.25, 0.3) is 0 Å². The quantitative estimate of drug-likeness (QED) is 0.554. The number of hydrogen-bond acceptors (Lipinski definition) is 2. The number of morpholine rings is 1. The van der Waals surface area contributed by atoms with E-state index in [1.54, 1.807) is 0 Å². The molecule has 1 saturated heterocycles. The Morgan fingerprint density at radius 1 is 1.36 bits per heavy atom. The van der Waals surface area contributed by atoms with E-state index in [0.29, 0.717) is 0 Å². The third-order valence-electron chi connectivity index (χ3n) is 2.23. The van der Waals surface area contributed by atoms with Crippen LogP contribution in [0.3, 0.4) is 0 Å². The van der Waals surface area contributed by atoms with Gasteiger partial charge in [-0.05, 0) is 6.42 Å². The number of rotatable bonds is 0. The fourth-order valence-corrected chi connectivity index (χ4v) is 1.58. The smallest absolute Gasteiger partial charge is 0.0688 e. The van der Waals surface area contributed by atoms with Crippen molar-refractivity contribution >= 4 is 0 Å². The van der Waals surface area contributed by atoms with Crippen molar-refractivity contribution in [3.8, 4) is 0 Å². The fourth-order valence-electron chi connectivity index (χ4n) is 1.58. The maximum Gasteiger partial charge on any atom is 0.0688 e. The molecule has 2 aliphatic rings. The second-order valence-corrected chi connectivity index (χ2v) is 3.13. The Balaban J connectivity index is 2.08. The molecule has 2 rings (SSSR count). The van der Waals surface area contributed by atoms with Crippen LogP contribution in [0.15, 0.2) is 24.3 Å². The maximum absolute atomic E-state index is 5.42. The molecule has 1 heterocycles. The highest BCUT2D eigenvalue weighted by atomic mass is 16.5. The third-order valence-corrected chi connectivity index (χ3v) is 2.23. The summed E-state index contributed by atoms with van der Waals surface area (Å²) in [6, 6.07) is 0. The summed E-state index contributed by atoms with van der Waals surface area (Å²) in [5, 5.41) is 3.47. The molecule has 11 heavy (non-hydrogen) atoms. The standard InChI is InChI=1S/C9H13NO/c1-2-4-9(5-3-1)8-11-7-6-10-9/h1-4,10H,5-8H2. The Morgan fingerprint density at radius 3 is 3.00 bits per heavy atom. The van der Waals surface area contributed by atoms with Gasteiger partial charge in [-0.25, -0.2) is 0 Å². The molecule has 60 valence electrons. The molecule has 2 nitrogen and oxygen atoms in total. The van der Waals surface area contributed by atoms with Crippen molar-refractivity contribution in [2.24, 2.45) is 0 Å². The van der Waals surface area contributed by atoms with Crippen LogP contribution in [0.1, 0.15) is 6.42 Å². The van der Waals surface area contributed by atoms with Gasteiger partial charge in [0.1, 0.15) is 0 Å². The molecule has 0 aromatic carbocycles. The lowest BCUT2D eigenvalue weighted by Crippen LogP contribution is -2.52. The minimum atomic E-state index is 0.118. The molecule has 0 bridgehead atoms. The monoisotopic (exact) mass is 151 g/mol. The van der Waals surface area contributed by atoms with Gasteiger partial charge in [-0.15, -0.1) is 0 Å². The zero-order valence-electron chi connectivity index (χ0n) is 6.55. The number of allylic oxidation sites excluding steroid dienone is 2. The predicted molar refractivity (Wildman–Crippen MR) is 44.4 cm³/mol. The SMILES string of the molecule is C1=CCC2(C=C1)COCCN2. The van der Waals surface area contributed by atoms with E-state index in [1.807, 2.05) is 0 Å². The van der Waals surface area contributed by atoms with E-state index in [-0.39, 0.29) is 5.54 Å². The van der Waals surface area contributed by atoms with E-state index in [0.717, 1.165) is 26.2 Å². The van der Waals surface area contributed by atoms with Crippen LogP contribution in [0.4, 0.5) is 0 Å². The Labute approximate surface area is 66.9 Å². The molecular weight excluding hydrogens is 138 g/mol. The summed E-state index contributed by atoms with van der Waals surface area (Å²) in [5.74, 6) is 0. The minimum Gasteiger partial charge on any atom is -0.378 e. The Kier molecular flexibility index (Phi) is 1.80. The van der Waals surface area contributed by atoms with Crippen molar-refractivity contribution in [2.45, 2.75) is 12.0 Å². The van der Waals surface area contributed by atoms with Gasteiger partial charge in [-0.1, -0.05) is 24.3 Å². The lowest BCUT2D eigenvalue weighted by Gasteiger charge is -2.36. The number of hydrogen-bond donors (Lipinski definition) is 1. The summed E-state index contributed by atoms with van der Waals surface area (Å²) >= 11 is 0. The first-order valence-corrected chi connectivity index (χ1v) is 4.08. The predicted octanol–water partition coefficient (Wildman–Crippen LogP) is 0.861. The van der Waals surface area contributed by atoms with E-state index in [4.69, 9.17) is 4.74 Å². The topological polar surface area (TPSA) is 21.3 Å². The van der Waals surface area contributed by atoms with Crippen LogP contribution in [0.2, 0.25) is 0 Å². The molecule has 0 amide bonds. The molecule has 1 N–H and O–H groups in total. The first-order valence-electron chi connectivity index (χ1n) is 4.08. The average Bonchev–Trinajstić information content (AvgIpc) is 2.07. The summed E-state index contributed by atoms with van der Waals surface area (Å²) < 4.78 is 5.42. The number of ether oxygens (including phenoxy) is 1. The Bertz CT molecular complexity index is 190. The molecule has 0 aromatic heterocycles. The van der Waals surface area contributed by atoms with Gasteiger partial charge < -0.3 is 10.1 Å². The lowest BCUT2D eigenvalue weighted by atomic mass is 9.91. The summed E-state index contributed by atoms with van der Waals surface area (Å²) in [6.07, 6.45) is 9.62. The number of nitrogens with one attached hydrogen (secondary N) is 1. The summed E-state index contributed by atoms with van der Waals surface area (Å²) in [4.78, 5) is 0. The first-order chi connectivity index (χ1) is 5.41. The van der Waals surface area contributed by atoms with Crippen molar-refractivity contribution in [3.05, 3.63) is 24.3 Å². The van der Waals surface area contributed by atoms with Crippen LogP contribution in [0.5, 0.6) is 0 Å². The maximum atomic E-state index is 5.42. The van der Waals surface area contributed by atoms with Crippen LogP contribution < -0.4 is 5.32 Å². The molecule has 1 aliphatic heterocycles. The first kappa shape index (κ1) is 7.07. The molecule has 1 spiro atoms. The molecule has 1 atom stereocenters. The second kappa shape index (κ2) is 2.80. The van der Waals surface area contributed by atoms with Gasteiger partial charge in [0.2, 0.25) is 0 Å². The molecule has 0 radical (unpaired) electrons. The van der Waals surface area contributed by atoms with Crippen molar-refractivity contribution in [2.75, 3.05) is 19.8 Å². The van der Waals surface area contributed by atoms with Crippen molar-refractivity contribution in [3.63, 3.8) is 0 Å². The normalized spacial score (nSPS) is 36.4. The van der Waals surface area contributed by atoms with Gasteiger partial charge in [0.15, 0.2) is 0 Å². The highest BCUT2D eigenvalue weighted by Gasteiger charge is 2.28. The van der Waals surface area contributed by atoms with Gasteiger partial charge in [-0.3, -0.25) is 0 Å². The van der Waals surface area contributed by atoms with Crippen LogP contribution >= 0.6 is 0 Å². The van der Waals surface area contributed by atoms with E-state index in [2.05, 4.69) is 29.6 Å². The zero-order valence-corrected chi connectivity index (χ0v) is 6.55. The van der Waals surface area contributed by atoms with Gasteiger partial charge in [0, 0.05) is 6.54 Å². The molecule has 2 heteroatoms. The van der Waals surface area contributed by atoms with Crippen LogP contribution in [0.25, 0.3) is 0 Å². The van der Waals surface area contributed by atoms with Crippen molar-refractivity contribution < 1.29 is 4.74 Å². The fraction of sp³-hybridized carbons (Fsp3) is 0.556. The molecule has 1 aliphatic carbocycles. The largest absolute Gasteiger partial charge is 0.378 e. The summed E-state index contributed by atoms with van der Waals surface area (Å²) in [7, 11) is 0. The van der Waals surface area contributed by atoms with Crippen LogP contribution in [-0.2, 0) is 4.74 Å². The van der Waals surface area contributed by atoms with E-state index in [9.17, 15) is 0 Å².